The summed E-state index contributed by atoms with van der Waals surface area (Å²) in [5.41, 5.74) is 1.35. The van der Waals surface area contributed by atoms with Crippen LogP contribution in [0.4, 0.5) is 0 Å². The van der Waals surface area contributed by atoms with Crippen LogP contribution >= 0.6 is 0 Å². The third-order valence-corrected chi connectivity index (χ3v) is 2.58. The maximum atomic E-state index is 5.47. The molecule has 1 atom stereocenters. The second-order valence-electron chi connectivity index (χ2n) is 3.48. The SMILES string of the molecule is CN1CCOCC1c1ccccc1. The molecule has 1 heterocycles. The van der Waals surface area contributed by atoms with Crippen molar-refractivity contribution in [1.82, 2.24) is 4.90 Å². The van der Waals surface area contributed by atoms with E-state index in [1.54, 1.807) is 0 Å². The van der Waals surface area contributed by atoms with Crippen LogP contribution in [-0.2, 0) is 4.74 Å². The van der Waals surface area contributed by atoms with Gasteiger partial charge in [0.2, 0.25) is 0 Å². The van der Waals surface area contributed by atoms with E-state index in [1.807, 2.05) is 6.07 Å². The zero-order valence-electron chi connectivity index (χ0n) is 7.94. The molecule has 0 saturated carbocycles. The van der Waals surface area contributed by atoms with Crippen LogP contribution in [0, 0.1) is 0 Å². The molecule has 1 aromatic carbocycles. The van der Waals surface area contributed by atoms with Crippen LogP contribution in [0.5, 0.6) is 0 Å². The summed E-state index contributed by atoms with van der Waals surface area (Å²) in [5.74, 6) is 0. The molecule has 0 radical (unpaired) electrons. The summed E-state index contributed by atoms with van der Waals surface area (Å²) in [5, 5.41) is 0. The zero-order valence-corrected chi connectivity index (χ0v) is 7.94. The van der Waals surface area contributed by atoms with Crippen molar-refractivity contribution in [2.45, 2.75) is 6.04 Å². The lowest BCUT2D eigenvalue weighted by atomic mass is 10.1. The van der Waals surface area contributed by atoms with Gasteiger partial charge in [-0.2, -0.15) is 0 Å². The molecule has 0 aliphatic carbocycles. The van der Waals surface area contributed by atoms with E-state index < -0.39 is 0 Å². The van der Waals surface area contributed by atoms with Gasteiger partial charge in [0.05, 0.1) is 19.3 Å². The van der Waals surface area contributed by atoms with E-state index in [-0.39, 0.29) is 0 Å². The van der Waals surface area contributed by atoms with Crippen molar-refractivity contribution in [3.8, 4) is 0 Å². The van der Waals surface area contributed by atoms with Crippen LogP contribution in [0.2, 0.25) is 0 Å². The number of hydrogen-bond donors (Lipinski definition) is 0. The van der Waals surface area contributed by atoms with Crippen LogP contribution in [0.15, 0.2) is 30.3 Å². The second-order valence-corrected chi connectivity index (χ2v) is 3.48. The van der Waals surface area contributed by atoms with Gasteiger partial charge in [-0.1, -0.05) is 30.3 Å². The Hall–Kier alpha value is -0.860. The normalized spacial score (nSPS) is 24.5. The van der Waals surface area contributed by atoms with Gasteiger partial charge in [-0.05, 0) is 12.6 Å². The van der Waals surface area contributed by atoms with E-state index in [0.717, 1.165) is 19.8 Å². The number of benzene rings is 1. The van der Waals surface area contributed by atoms with E-state index in [2.05, 4.69) is 36.2 Å². The summed E-state index contributed by atoms with van der Waals surface area (Å²) in [6.07, 6.45) is 0. The Morgan fingerprint density at radius 3 is 2.77 bits per heavy atom. The molecule has 1 unspecified atom stereocenters. The van der Waals surface area contributed by atoms with Crippen molar-refractivity contribution in [2.24, 2.45) is 0 Å². The monoisotopic (exact) mass is 177 g/mol. The summed E-state index contributed by atoms with van der Waals surface area (Å²) in [7, 11) is 2.15. The molecule has 2 nitrogen and oxygen atoms in total. The van der Waals surface area contributed by atoms with Crippen LogP contribution in [-0.4, -0.2) is 31.7 Å². The van der Waals surface area contributed by atoms with Crippen molar-refractivity contribution in [3.05, 3.63) is 35.9 Å². The van der Waals surface area contributed by atoms with Gasteiger partial charge in [-0.15, -0.1) is 0 Å². The average molecular weight is 177 g/mol. The first-order valence-corrected chi connectivity index (χ1v) is 4.71. The lowest BCUT2D eigenvalue weighted by Crippen LogP contribution is -2.36. The van der Waals surface area contributed by atoms with E-state index in [4.69, 9.17) is 4.74 Å². The van der Waals surface area contributed by atoms with E-state index in [1.165, 1.54) is 5.56 Å². The first-order valence-electron chi connectivity index (χ1n) is 4.71. The number of ether oxygens (including phenoxy) is 1. The van der Waals surface area contributed by atoms with E-state index in [0.29, 0.717) is 6.04 Å². The molecule has 0 bridgehead atoms. The van der Waals surface area contributed by atoms with Crippen LogP contribution in [0.1, 0.15) is 11.6 Å². The second kappa shape index (κ2) is 3.90. The van der Waals surface area contributed by atoms with Crippen molar-refractivity contribution < 1.29 is 4.74 Å². The van der Waals surface area contributed by atoms with Crippen LogP contribution in [0.3, 0.4) is 0 Å². The Morgan fingerprint density at radius 1 is 1.31 bits per heavy atom. The molecule has 70 valence electrons. The van der Waals surface area contributed by atoms with Gasteiger partial charge in [0.15, 0.2) is 0 Å². The smallest absolute Gasteiger partial charge is 0.0664 e. The molecule has 0 N–H and O–H groups in total. The van der Waals surface area contributed by atoms with E-state index in [9.17, 15) is 0 Å². The fourth-order valence-corrected chi connectivity index (χ4v) is 1.71. The molecular formula is C11H15NO. The van der Waals surface area contributed by atoms with Gasteiger partial charge in [-0.25, -0.2) is 0 Å². The highest BCUT2D eigenvalue weighted by molar-refractivity contribution is 5.19. The molecule has 2 rings (SSSR count). The Kier molecular flexibility index (Phi) is 2.62. The number of likely N-dealkylation sites (N-methyl/N-ethyl adjacent to an activating group) is 1. The summed E-state index contributed by atoms with van der Waals surface area (Å²) in [6.45, 7) is 2.71. The van der Waals surface area contributed by atoms with Crippen molar-refractivity contribution in [2.75, 3.05) is 26.8 Å². The fraction of sp³-hybridized carbons (Fsp3) is 0.455. The molecule has 1 aliphatic rings. The first-order chi connectivity index (χ1) is 6.38. The topological polar surface area (TPSA) is 12.5 Å². The maximum absolute atomic E-state index is 5.47. The summed E-state index contributed by atoms with van der Waals surface area (Å²) < 4.78 is 5.47. The molecule has 0 aromatic heterocycles. The van der Waals surface area contributed by atoms with Crippen LogP contribution < -0.4 is 0 Å². The van der Waals surface area contributed by atoms with Crippen LogP contribution in [0.25, 0.3) is 0 Å². The number of rotatable bonds is 1. The molecule has 0 spiro atoms. The summed E-state index contributed by atoms with van der Waals surface area (Å²) in [6, 6.07) is 11.0. The maximum Gasteiger partial charge on any atom is 0.0664 e. The predicted molar refractivity (Wildman–Crippen MR) is 52.6 cm³/mol. The molecule has 2 heteroatoms. The van der Waals surface area contributed by atoms with Gasteiger partial charge in [-0.3, -0.25) is 4.90 Å². The molecule has 1 aromatic rings. The first kappa shape index (κ1) is 8.73. The summed E-state index contributed by atoms with van der Waals surface area (Å²) in [4.78, 5) is 2.35. The van der Waals surface area contributed by atoms with Gasteiger partial charge in [0.1, 0.15) is 0 Å². The van der Waals surface area contributed by atoms with Gasteiger partial charge < -0.3 is 4.74 Å². The molecular weight excluding hydrogens is 162 g/mol. The largest absolute Gasteiger partial charge is 0.378 e. The highest BCUT2D eigenvalue weighted by atomic mass is 16.5. The molecule has 1 aliphatic heterocycles. The highest BCUT2D eigenvalue weighted by Crippen LogP contribution is 2.21. The number of hydrogen-bond acceptors (Lipinski definition) is 2. The fourth-order valence-electron chi connectivity index (χ4n) is 1.71. The minimum atomic E-state index is 0.440. The van der Waals surface area contributed by atoms with Crippen molar-refractivity contribution in [3.63, 3.8) is 0 Å². The van der Waals surface area contributed by atoms with E-state index >= 15 is 0 Å². The standard InChI is InChI=1S/C11H15NO/c1-12-7-8-13-9-11(12)10-5-3-2-4-6-10/h2-6,11H,7-9H2,1H3. The third kappa shape index (κ3) is 1.90. The zero-order chi connectivity index (χ0) is 9.10. The average Bonchev–Trinajstić information content (AvgIpc) is 2.20. The number of nitrogens with zero attached hydrogens (tertiary/aromatic N) is 1. The molecule has 13 heavy (non-hydrogen) atoms. The van der Waals surface area contributed by atoms with Gasteiger partial charge >= 0.3 is 0 Å². The Balaban J connectivity index is 2.15. The number of morpholine rings is 1. The molecule has 1 fully saturated rings. The van der Waals surface area contributed by atoms with Crippen molar-refractivity contribution >= 4 is 0 Å². The third-order valence-electron chi connectivity index (χ3n) is 2.58. The predicted octanol–water partition coefficient (Wildman–Crippen LogP) is 1.69. The Labute approximate surface area is 79.1 Å². The Bertz CT molecular complexity index is 260. The quantitative estimate of drug-likeness (QED) is 0.647. The molecule has 0 amide bonds. The van der Waals surface area contributed by atoms with Crippen molar-refractivity contribution in [1.29, 1.82) is 0 Å². The Morgan fingerprint density at radius 2 is 2.08 bits per heavy atom. The minimum Gasteiger partial charge on any atom is -0.378 e. The summed E-state index contributed by atoms with van der Waals surface area (Å²) >= 11 is 0. The highest BCUT2D eigenvalue weighted by Gasteiger charge is 2.20. The minimum absolute atomic E-state index is 0.440. The lowest BCUT2D eigenvalue weighted by molar-refractivity contribution is 0.00506. The van der Waals surface area contributed by atoms with Gasteiger partial charge in [0, 0.05) is 6.54 Å². The lowest BCUT2D eigenvalue weighted by Gasteiger charge is -2.32. The van der Waals surface area contributed by atoms with Gasteiger partial charge in [0.25, 0.3) is 0 Å². The molecule has 1 saturated heterocycles.